The number of nitrogens with two attached hydrogens (primary N) is 1. The molecule has 0 atom stereocenters. The fourth-order valence-corrected chi connectivity index (χ4v) is 2.07. The minimum atomic E-state index is 0.0538. The van der Waals surface area contributed by atoms with E-state index in [-0.39, 0.29) is 5.91 Å². The van der Waals surface area contributed by atoms with Gasteiger partial charge in [0, 0.05) is 12.7 Å². The van der Waals surface area contributed by atoms with E-state index in [1.165, 1.54) is 5.56 Å². The first-order chi connectivity index (χ1) is 10.5. The highest BCUT2D eigenvalue weighted by Crippen LogP contribution is 2.11. The van der Waals surface area contributed by atoms with Crippen molar-refractivity contribution in [3.63, 3.8) is 0 Å². The maximum absolute atomic E-state index is 12.1. The lowest BCUT2D eigenvalue weighted by atomic mass is 10.1. The molecule has 1 amide bonds. The van der Waals surface area contributed by atoms with E-state index in [4.69, 9.17) is 10.5 Å². The Bertz CT molecular complexity index is 623. The Kier molecular flexibility index (Phi) is 5.42. The van der Waals surface area contributed by atoms with Gasteiger partial charge in [-0.25, -0.2) is 0 Å². The molecule has 2 N–H and O–H groups in total. The number of nitrogens with zero attached hydrogens (tertiary/aromatic N) is 1. The predicted octanol–water partition coefficient (Wildman–Crippen LogP) is 2.66. The molecular weight excluding hydrogens is 276 g/mol. The normalized spacial score (nSPS) is 10.3. The van der Waals surface area contributed by atoms with Crippen LogP contribution >= 0.6 is 0 Å². The molecule has 0 bridgehead atoms. The number of likely N-dealkylation sites (N-methyl/N-ethyl adjacent to an activating group) is 1. The van der Waals surface area contributed by atoms with Gasteiger partial charge in [0.15, 0.2) is 0 Å². The van der Waals surface area contributed by atoms with Crippen LogP contribution in [0.5, 0.6) is 5.75 Å². The lowest BCUT2D eigenvalue weighted by Crippen LogP contribution is -2.32. The van der Waals surface area contributed by atoms with Crippen molar-refractivity contribution < 1.29 is 9.53 Å². The van der Waals surface area contributed by atoms with Crippen molar-refractivity contribution in [2.75, 3.05) is 25.9 Å². The van der Waals surface area contributed by atoms with Crippen LogP contribution in [0.25, 0.3) is 0 Å². The summed E-state index contributed by atoms with van der Waals surface area (Å²) < 4.78 is 5.64. The molecule has 4 heteroatoms. The topological polar surface area (TPSA) is 55.6 Å². The molecule has 0 saturated carbocycles. The van der Waals surface area contributed by atoms with Crippen molar-refractivity contribution in [3.05, 3.63) is 59.7 Å². The van der Waals surface area contributed by atoms with Crippen LogP contribution in [0.4, 0.5) is 5.69 Å². The maximum Gasteiger partial charge on any atom is 0.226 e. The van der Waals surface area contributed by atoms with E-state index in [1.807, 2.05) is 55.5 Å². The highest BCUT2D eigenvalue weighted by molar-refractivity contribution is 5.78. The van der Waals surface area contributed by atoms with Gasteiger partial charge in [-0.2, -0.15) is 0 Å². The van der Waals surface area contributed by atoms with Gasteiger partial charge in [-0.1, -0.05) is 29.8 Å². The second-order valence-corrected chi connectivity index (χ2v) is 5.40. The van der Waals surface area contributed by atoms with E-state index in [2.05, 4.69) is 0 Å². The summed E-state index contributed by atoms with van der Waals surface area (Å²) in [7, 11) is 1.78. The molecule has 0 heterocycles. The van der Waals surface area contributed by atoms with Crippen LogP contribution in [0.1, 0.15) is 11.1 Å². The first kappa shape index (κ1) is 15.9. The van der Waals surface area contributed by atoms with Crippen LogP contribution in [-0.2, 0) is 11.2 Å². The Hall–Kier alpha value is -2.49. The number of rotatable bonds is 6. The summed E-state index contributed by atoms with van der Waals surface area (Å²) in [6.45, 7) is 3.06. The zero-order chi connectivity index (χ0) is 15.9. The van der Waals surface area contributed by atoms with Gasteiger partial charge in [0.25, 0.3) is 0 Å². The average molecular weight is 298 g/mol. The second kappa shape index (κ2) is 7.50. The first-order valence-corrected chi connectivity index (χ1v) is 7.32. The maximum atomic E-state index is 12.1. The van der Waals surface area contributed by atoms with E-state index in [0.29, 0.717) is 25.3 Å². The van der Waals surface area contributed by atoms with Crippen LogP contribution < -0.4 is 10.5 Å². The van der Waals surface area contributed by atoms with E-state index < -0.39 is 0 Å². The van der Waals surface area contributed by atoms with Crippen molar-refractivity contribution >= 4 is 11.6 Å². The van der Waals surface area contributed by atoms with E-state index in [1.54, 1.807) is 11.9 Å². The standard InChI is InChI=1S/C18H22N2O2/c1-14-6-8-17(9-7-14)22-11-10-20(2)18(21)13-15-4-3-5-16(19)12-15/h3-9,12H,10-11,13,19H2,1-2H3. The monoisotopic (exact) mass is 298 g/mol. The molecule has 0 spiro atoms. The lowest BCUT2D eigenvalue weighted by Gasteiger charge is -2.17. The van der Waals surface area contributed by atoms with Crippen molar-refractivity contribution in [1.29, 1.82) is 0 Å². The van der Waals surface area contributed by atoms with E-state index in [0.717, 1.165) is 11.3 Å². The van der Waals surface area contributed by atoms with Gasteiger partial charge in [0.05, 0.1) is 13.0 Å². The molecule has 0 saturated heterocycles. The van der Waals surface area contributed by atoms with Crippen LogP contribution in [0, 0.1) is 6.92 Å². The summed E-state index contributed by atoms with van der Waals surface area (Å²) >= 11 is 0. The summed E-state index contributed by atoms with van der Waals surface area (Å²) in [4.78, 5) is 13.8. The molecule has 22 heavy (non-hydrogen) atoms. The molecule has 0 radical (unpaired) electrons. The van der Waals surface area contributed by atoms with Crippen molar-refractivity contribution in [1.82, 2.24) is 4.90 Å². The number of ether oxygens (including phenoxy) is 1. The zero-order valence-electron chi connectivity index (χ0n) is 13.1. The SMILES string of the molecule is Cc1ccc(OCCN(C)C(=O)Cc2cccc(N)c2)cc1. The Morgan fingerprint density at radius 2 is 1.91 bits per heavy atom. The fraction of sp³-hybridized carbons (Fsp3) is 0.278. The number of aryl methyl sites for hydroxylation is 1. The molecule has 4 nitrogen and oxygen atoms in total. The predicted molar refractivity (Wildman–Crippen MR) is 88.9 cm³/mol. The van der Waals surface area contributed by atoms with Gasteiger partial charge in [-0.3, -0.25) is 4.79 Å². The van der Waals surface area contributed by atoms with Gasteiger partial charge >= 0.3 is 0 Å². The first-order valence-electron chi connectivity index (χ1n) is 7.32. The summed E-state index contributed by atoms with van der Waals surface area (Å²) in [6, 6.07) is 15.3. The highest BCUT2D eigenvalue weighted by Gasteiger charge is 2.09. The summed E-state index contributed by atoms with van der Waals surface area (Å²) in [6.07, 6.45) is 0.353. The fourth-order valence-electron chi connectivity index (χ4n) is 2.07. The number of carbonyl (C=O) groups is 1. The Labute approximate surface area is 131 Å². The van der Waals surface area contributed by atoms with Crippen molar-refractivity contribution in [2.45, 2.75) is 13.3 Å². The number of nitrogen functional groups attached to an aromatic ring is 1. The molecule has 0 aromatic heterocycles. The van der Waals surface area contributed by atoms with Gasteiger partial charge < -0.3 is 15.4 Å². The number of anilines is 1. The lowest BCUT2D eigenvalue weighted by molar-refractivity contribution is -0.129. The minimum Gasteiger partial charge on any atom is -0.492 e. The molecule has 0 unspecified atom stereocenters. The minimum absolute atomic E-state index is 0.0538. The molecule has 0 aliphatic carbocycles. The summed E-state index contributed by atoms with van der Waals surface area (Å²) in [5.74, 6) is 0.875. The average Bonchev–Trinajstić information content (AvgIpc) is 2.49. The molecule has 0 aliphatic heterocycles. The summed E-state index contributed by atoms with van der Waals surface area (Å²) in [5, 5.41) is 0. The Balaban J connectivity index is 1.77. The number of benzene rings is 2. The van der Waals surface area contributed by atoms with Gasteiger partial charge in [-0.05, 0) is 36.8 Å². The second-order valence-electron chi connectivity index (χ2n) is 5.40. The molecular formula is C18H22N2O2. The third-order valence-corrected chi connectivity index (χ3v) is 3.45. The van der Waals surface area contributed by atoms with Gasteiger partial charge in [0.1, 0.15) is 12.4 Å². The van der Waals surface area contributed by atoms with Crippen LogP contribution in [0.3, 0.4) is 0 Å². The third kappa shape index (κ3) is 4.81. The zero-order valence-corrected chi connectivity index (χ0v) is 13.1. The van der Waals surface area contributed by atoms with E-state index in [9.17, 15) is 4.79 Å². The van der Waals surface area contributed by atoms with Gasteiger partial charge in [-0.15, -0.1) is 0 Å². The smallest absolute Gasteiger partial charge is 0.226 e. The number of hydrogen-bond donors (Lipinski definition) is 1. The Morgan fingerprint density at radius 3 is 2.59 bits per heavy atom. The van der Waals surface area contributed by atoms with Crippen LogP contribution in [-0.4, -0.2) is 31.0 Å². The third-order valence-electron chi connectivity index (χ3n) is 3.45. The highest BCUT2D eigenvalue weighted by atomic mass is 16.5. The molecule has 0 fully saturated rings. The molecule has 2 aromatic carbocycles. The van der Waals surface area contributed by atoms with Crippen molar-refractivity contribution in [3.8, 4) is 5.75 Å². The number of amides is 1. The van der Waals surface area contributed by atoms with Crippen molar-refractivity contribution in [2.24, 2.45) is 0 Å². The summed E-state index contributed by atoms with van der Waals surface area (Å²) in [5.41, 5.74) is 8.52. The van der Waals surface area contributed by atoms with Gasteiger partial charge in [0.2, 0.25) is 5.91 Å². The van der Waals surface area contributed by atoms with E-state index >= 15 is 0 Å². The van der Waals surface area contributed by atoms with Crippen LogP contribution in [0.2, 0.25) is 0 Å². The number of carbonyl (C=O) groups excluding carboxylic acids is 1. The number of hydrogen-bond acceptors (Lipinski definition) is 3. The quantitative estimate of drug-likeness (QED) is 0.834. The molecule has 2 rings (SSSR count). The molecule has 116 valence electrons. The molecule has 0 aliphatic rings. The largest absolute Gasteiger partial charge is 0.492 e. The molecule has 2 aromatic rings. The Morgan fingerprint density at radius 1 is 1.18 bits per heavy atom. The van der Waals surface area contributed by atoms with Crippen LogP contribution in [0.15, 0.2) is 48.5 Å².